The van der Waals surface area contributed by atoms with Crippen LogP contribution in [0.4, 0.5) is 21.6 Å². The lowest BCUT2D eigenvalue weighted by Crippen LogP contribution is -1.98. The van der Waals surface area contributed by atoms with Crippen LogP contribution in [-0.4, -0.2) is 14.9 Å². The van der Waals surface area contributed by atoms with Crippen molar-refractivity contribution in [2.75, 3.05) is 5.32 Å². The van der Waals surface area contributed by atoms with Crippen LogP contribution in [0, 0.1) is 15.9 Å². The monoisotopic (exact) mass is 432 g/mol. The largest absolute Gasteiger partial charge is 0.340 e. The second kappa shape index (κ2) is 7.25. The zero-order valence-corrected chi connectivity index (χ0v) is 14.8. The van der Waals surface area contributed by atoms with E-state index < -0.39 is 10.7 Å². The van der Waals surface area contributed by atoms with Gasteiger partial charge in [-0.25, -0.2) is 14.4 Å². The fraction of sp³-hybridized carbons (Fsp3) is 0. The summed E-state index contributed by atoms with van der Waals surface area (Å²) >= 11 is 8.89. The predicted molar refractivity (Wildman–Crippen MR) is 95.8 cm³/mol. The highest BCUT2D eigenvalue weighted by atomic mass is 79.9. The van der Waals surface area contributed by atoms with Gasteiger partial charge in [-0.05, 0) is 40.2 Å². The number of hydrogen-bond acceptors (Lipinski definition) is 5. The van der Waals surface area contributed by atoms with Crippen LogP contribution in [0.3, 0.4) is 0 Å². The van der Waals surface area contributed by atoms with Crippen molar-refractivity contribution in [3.63, 3.8) is 0 Å². The summed E-state index contributed by atoms with van der Waals surface area (Å²) < 4.78 is 13.5. The van der Waals surface area contributed by atoms with Crippen molar-refractivity contribution in [3.8, 4) is 0 Å². The molecule has 0 saturated heterocycles. The van der Waals surface area contributed by atoms with Crippen LogP contribution in [0.1, 0.15) is 0 Å². The number of benzene rings is 2. The van der Waals surface area contributed by atoms with Crippen molar-refractivity contribution < 1.29 is 9.31 Å². The summed E-state index contributed by atoms with van der Waals surface area (Å²) in [7, 11) is 0. The molecule has 0 spiro atoms. The van der Waals surface area contributed by atoms with Gasteiger partial charge in [-0.1, -0.05) is 11.6 Å². The van der Waals surface area contributed by atoms with Crippen LogP contribution in [0.25, 0.3) is 10.9 Å². The van der Waals surface area contributed by atoms with Gasteiger partial charge in [0.25, 0.3) is 5.69 Å². The molecular weight excluding hydrogens is 426 g/mol. The Hall–Kier alpha value is -2.03. The summed E-state index contributed by atoms with van der Waals surface area (Å²) in [5, 5.41) is 14.5. The summed E-state index contributed by atoms with van der Waals surface area (Å²) in [5.74, 6) is -0.183. The van der Waals surface area contributed by atoms with E-state index in [4.69, 9.17) is 11.6 Å². The molecule has 3 rings (SSSR count). The number of fused-ring (bicyclic) bond motifs is 1. The van der Waals surface area contributed by atoms with Gasteiger partial charge >= 0.3 is 0 Å². The zero-order chi connectivity index (χ0) is 16.6. The lowest BCUT2D eigenvalue weighted by atomic mass is 10.2. The minimum Gasteiger partial charge on any atom is -0.340 e. The minimum atomic E-state index is -0.538. The van der Waals surface area contributed by atoms with E-state index in [1.54, 1.807) is 0 Å². The van der Waals surface area contributed by atoms with Crippen LogP contribution in [0.5, 0.6) is 0 Å². The standard InChI is InChI=1S/C14H7BrClFN4O2.ClH/c15-9-5-12-8(4-13(9)21(22)23)14(19-6-18-12)20-7-1-2-11(17)10(16)3-7;/h1-6H,(H,18,19,20);1H. The molecule has 0 aliphatic rings. The van der Waals surface area contributed by atoms with Crippen molar-refractivity contribution in [2.24, 2.45) is 0 Å². The molecule has 1 heterocycles. The first-order valence-corrected chi connectivity index (χ1v) is 7.43. The molecule has 0 atom stereocenters. The van der Waals surface area contributed by atoms with E-state index >= 15 is 0 Å². The van der Waals surface area contributed by atoms with Gasteiger partial charge in [-0.2, -0.15) is 0 Å². The van der Waals surface area contributed by atoms with Gasteiger partial charge in [0.1, 0.15) is 18.0 Å². The summed E-state index contributed by atoms with van der Waals surface area (Å²) in [4.78, 5) is 18.7. The number of nitrogens with one attached hydrogen (secondary N) is 1. The van der Waals surface area contributed by atoms with Crippen LogP contribution in [0.2, 0.25) is 5.02 Å². The number of rotatable bonds is 3. The Morgan fingerprint density at radius 1 is 1.25 bits per heavy atom. The number of hydrogen-bond donors (Lipinski definition) is 1. The second-order valence-electron chi connectivity index (χ2n) is 4.55. The van der Waals surface area contributed by atoms with Crippen LogP contribution in [0.15, 0.2) is 41.1 Å². The highest BCUT2D eigenvalue weighted by Gasteiger charge is 2.16. The van der Waals surface area contributed by atoms with Gasteiger partial charge in [0, 0.05) is 17.1 Å². The van der Waals surface area contributed by atoms with E-state index in [9.17, 15) is 14.5 Å². The van der Waals surface area contributed by atoms with Gasteiger partial charge in [0.05, 0.1) is 19.9 Å². The molecule has 1 N–H and O–H groups in total. The molecule has 0 unspecified atom stereocenters. The van der Waals surface area contributed by atoms with Crippen LogP contribution in [-0.2, 0) is 0 Å². The minimum absolute atomic E-state index is 0. The first-order valence-electron chi connectivity index (χ1n) is 6.26. The van der Waals surface area contributed by atoms with Gasteiger partial charge in [-0.15, -0.1) is 12.4 Å². The Morgan fingerprint density at radius 2 is 2.00 bits per heavy atom. The molecule has 1 aromatic heterocycles. The average molecular weight is 434 g/mol. The average Bonchev–Trinajstić information content (AvgIpc) is 2.50. The highest BCUT2D eigenvalue weighted by Crippen LogP contribution is 2.33. The quantitative estimate of drug-likeness (QED) is 0.450. The molecule has 0 aliphatic heterocycles. The van der Waals surface area contributed by atoms with Crippen molar-refractivity contribution in [1.82, 2.24) is 9.97 Å². The van der Waals surface area contributed by atoms with E-state index in [1.165, 1.54) is 36.7 Å². The number of halogens is 4. The fourth-order valence-electron chi connectivity index (χ4n) is 2.02. The first-order chi connectivity index (χ1) is 11.0. The summed E-state index contributed by atoms with van der Waals surface area (Å²) in [6, 6.07) is 7.01. The third-order valence-corrected chi connectivity index (χ3v) is 4.01. The molecule has 0 amide bonds. The molecule has 0 bridgehead atoms. The van der Waals surface area contributed by atoms with E-state index in [2.05, 4.69) is 31.2 Å². The van der Waals surface area contributed by atoms with Crippen LogP contribution < -0.4 is 5.32 Å². The highest BCUT2D eigenvalue weighted by molar-refractivity contribution is 9.10. The molecule has 2 aromatic carbocycles. The van der Waals surface area contributed by atoms with Crippen LogP contribution >= 0.6 is 39.9 Å². The predicted octanol–water partition coefficient (Wildman–Crippen LogP) is 5.26. The maximum atomic E-state index is 13.2. The second-order valence-corrected chi connectivity index (χ2v) is 5.82. The molecule has 0 saturated carbocycles. The molecule has 3 aromatic rings. The van der Waals surface area contributed by atoms with E-state index in [0.29, 0.717) is 26.9 Å². The fourth-order valence-corrected chi connectivity index (χ4v) is 2.67. The Morgan fingerprint density at radius 3 is 2.67 bits per heavy atom. The van der Waals surface area contributed by atoms with Gasteiger partial charge in [0.15, 0.2) is 0 Å². The van der Waals surface area contributed by atoms with E-state index in [-0.39, 0.29) is 23.1 Å². The lowest BCUT2D eigenvalue weighted by molar-refractivity contribution is -0.385. The van der Waals surface area contributed by atoms with E-state index in [0.717, 1.165) is 0 Å². The molecule has 6 nitrogen and oxygen atoms in total. The first kappa shape index (κ1) is 18.3. The summed E-state index contributed by atoms with van der Waals surface area (Å²) in [6.45, 7) is 0. The number of nitro groups is 1. The summed E-state index contributed by atoms with van der Waals surface area (Å²) in [5.41, 5.74) is 0.919. The molecule has 0 fully saturated rings. The number of nitrogens with zero attached hydrogens (tertiary/aromatic N) is 3. The maximum Gasteiger partial charge on any atom is 0.284 e. The third-order valence-electron chi connectivity index (χ3n) is 3.08. The van der Waals surface area contributed by atoms with Crippen molar-refractivity contribution in [2.45, 2.75) is 0 Å². The molecule has 124 valence electrons. The van der Waals surface area contributed by atoms with Crippen molar-refractivity contribution >= 4 is 68.0 Å². The van der Waals surface area contributed by atoms with Gasteiger partial charge in [-0.3, -0.25) is 10.1 Å². The SMILES string of the molecule is Cl.O=[N+]([O-])c1cc2c(Nc3ccc(F)c(Cl)c3)ncnc2cc1Br. The number of aromatic nitrogens is 2. The molecule has 10 heteroatoms. The van der Waals surface area contributed by atoms with Gasteiger partial charge in [0.2, 0.25) is 0 Å². The Kier molecular flexibility index (Phi) is 5.53. The Balaban J connectivity index is 0.00000208. The smallest absolute Gasteiger partial charge is 0.284 e. The van der Waals surface area contributed by atoms with Gasteiger partial charge < -0.3 is 5.32 Å². The molecular formula is C14H8BrCl2FN4O2. The Bertz CT molecular complexity index is 942. The third kappa shape index (κ3) is 3.55. The summed E-state index contributed by atoms with van der Waals surface area (Å²) in [6.07, 6.45) is 1.33. The Labute approximate surface area is 154 Å². The molecule has 0 aliphatic carbocycles. The topological polar surface area (TPSA) is 81.0 Å². The molecule has 0 radical (unpaired) electrons. The normalized spacial score (nSPS) is 10.3. The van der Waals surface area contributed by atoms with E-state index in [1.807, 2.05) is 0 Å². The zero-order valence-electron chi connectivity index (χ0n) is 11.7. The number of anilines is 2. The maximum absolute atomic E-state index is 13.2. The number of nitro benzene ring substituents is 1. The molecule has 24 heavy (non-hydrogen) atoms. The lowest BCUT2D eigenvalue weighted by Gasteiger charge is -2.09. The van der Waals surface area contributed by atoms with Crippen molar-refractivity contribution in [3.05, 3.63) is 62.1 Å². The van der Waals surface area contributed by atoms with Crippen molar-refractivity contribution in [1.29, 1.82) is 0 Å².